The summed E-state index contributed by atoms with van der Waals surface area (Å²) in [5.41, 5.74) is 0. The number of hydrogen-bond acceptors (Lipinski definition) is 4. The van der Waals surface area contributed by atoms with Crippen LogP contribution in [0.15, 0.2) is 22.8 Å². The molecule has 1 aliphatic heterocycles. The van der Waals surface area contributed by atoms with E-state index in [2.05, 4.69) is 24.1 Å². The second kappa shape index (κ2) is 6.19. The molecule has 0 amide bonds. The molecular weight excluding hydrogens is 216 g/mol. The Bertz CT molecular complexity index is 303. The number of furan rings is 1. The average molecular weight is 238 g/mol. The van der Waals surface area contributed by atoms with Crippen molar-refractivity contribution in [1.29, 1.82) is 0 Å². The zero-order valence-electron chi connectivity index (χ0n) is 10.7. The summed E-state index contributed by atoms with van der Waals surface area (Å²) < 4.78 is 11.0. The molecule has 4 nitrogen and oxygen atoms in total. The van der Waals surface area contributed by atoms with Crippen molar-refractivity contribution in [3.05, 3.63) is 24.2 Å². The van der Waals surface area contributed by atoms with Gasteiger partial charge in [-0.3, -0.25) is 4.90 Å². The zero-order chi connectivity index (χ0) is 12.1. The average Bonchev–Trinajstić information content (AvgIpc) is 2.76. The smallest absolute Gasteiger partial charge is 0.117 e. The fraction of sp³-hybridized carbons (Fsp3) is 0.692. The van der Waals surface area contributed by atoms with Gasteiger partial charge in [0.15, 0.2) is 0 Å². The van der Waals surface area contributed by atoms with Crippen molar-refractivity contribution in [3.8, 4) is 0 Å². The van der Waals surface area contributed by atoms with Gasteiger partial charge in [-0.05, 0) is 26.0 Å². The van der Waals surface area contributed by atoms with Crippen LogP contribution in [0, 0.1) is 0 Å². The fourth-order valence-electron chi connectivity index (χ4n) is 2.33. The van der Waals surface area contributed by atoms with Crippen molar-refractivity contribution in [2.45, 2.75) is 32.6 Å². The van der Waals surface area contributed by atoms with Crippen LogP contribution < -0.4 is 5.32 Å². The van der Waals surface area contributed by atoms with Crippen molar-refractivity contribution < 1.29 is 9.15 Å². The van der Waals surface area contributed by atoms with Crippen LogP contribution in [-0.4, -0.2) is 43.3 Å². The van der Waals surface area contributed by atoms with Gasteiger partial charge >= 0.3 is 0 Å². The lowest BCUT2D eigenvalue weighted by atomic mass is 10.2. The Balaban J connectivity index is 1.61. The van der Waals surface area contributed by atoms with E-state index in [1.807, 2.05) is 12.1 Å². The minimum absolute atomic E-state index is 0.351. The molecule has 96 valence electrons. The van der Waals surface area contributed by atoms with Crippen LogP contribution in [0.3, 0.4) is 0 Å². The third-order valence-electron chi connectivity index (χ3n) is 2.98. The third-order valence-corrected chi connectivity index (χ3v) is 2.98. The van der Waals surface area contributed by atoms with E-state index in [1.165, 1.54) is 0 Å². The summed E-state index contributed by atoms with van der Waals surface area (Å²) in [6.45, 7) is 9.21. The molecule has 1 aliphatic rings. The Morgan fingerprint density at radius 2 is 2.12 bits per heavy atom. The van der Waals surface area contributed by atoms with Crippen molar-refractivity contribution >= 4 is 0 Å². The lowest BCUT2D eigenvalue weighted by Crippen LogP contribution is -2.47. The van der Waals surface area contributed by atoms with Gasteiger partial charge in [-0.25, -0.2) is 0 Å². The van der Waals surface area contributed by atoms with Gasteiger partial charge in [0.05, 0.1) is 25.0 Å². The van der Waals surface area contributed by atoms with Crippen LogP contribution in [0.1, 0.15) is 19.6 Å². The predicted octanol–water partition coefficient (Wildman–Crippen LogP) is 1.48. The van der Waals surface area contributed by atoms with Crippen LogP contribution in [0.2, 0.25) is 0 Å². The highest BCUT2D eigenvalue weighted by molar-refractivity contribution is 4.97. The molecule has 0 aromatic carbocycles. The Morgan fingerprint density at radius 1 is 1.35 bits per heavy atom. The van der Waals surface area contributed by atoms with Gasteiger partial charge in [0.1, 0.15) is 5.76 Å². The summed E-state index contributed by atoms with van der Waals surface area (Å²) in [7, 11) is 0. The van der Waals surface area contributed by atoms with E-state index in [0.29, 0.717) is 12.2 Å². The summed E-state index contributed by atoms with van der Waals surface area (Å²) in [6, 6.07) is 3.91. The molecule has 1 fully saturated rings. The topological polar surface area (TPSA) is 37.6 Å². The Hall–Kier alpha value is -0.840. The molecule has 0 saturated carbocycles. The maximum Gasteiger partial charge on any atom is 0.117 e. The Labute approximate surface area is 103 Å². The van der Waals surface area contributed by atoms with Crippen LogP contribution in [0.25, 0.3) is 0 Å². The van der Waals surface area contributed by atoms with Crippen molar-refractivity contribution in [2.24, 2.45) is 0 Å². The number of ether oxygens (including phenoxy) is 1. The van der Waals surface area contributed by atoms with Gasteiger partial charge in [0.25, 0.3) is 0 Å². The predicted molar refractivity (Wildman–Crippen MR) is 66.9 cm³/mol. The quantitative estimate of drug-likeness (QED) is 0.788. The standard InChI is InChI=1S/C13H22N2O2/c1-11-9-15(10-12(2)17-11)6-5-14-8-13-4-3-7-16-13/h3-4,7,11-12,14H,5-6,8-10H2,1-2H3. The first-order chi connectivity index (χ1) is 8.24. The monoisotopic (exact) mass is 238 g/mol. The fourth-order valence-corrected chi connectivity index (χ4v) is 2.33. The maximum atomic E-state index is 5.70. The van der Waals surface area contributed by atoms with E-state index < -0.39 is 0 Å². The van der Waals surface area contributed by atoms with Crippen molar-refractivity contribution in [1.82, 2.24) is 10.2 Å². The summed E-state index contributed by atoms with van der Waals surface area (Å²) in [4.78, 5) is 2.45. The molecule has 0 radical (unpaired) electrons. The summed E-state index contributed by atoms with van der Waals surface area (Å²) in [6.07, 6.45) is 2.41. The minimum Gasteiger partial charge on any atom is -0.468 e. The molecule has 1 aromatic heterocycles. The first-order valence-electron chi connectivity index (χ1n) is 6.35. The van der Waals surface area contributed by atoms with E-state index >= 15 is 0 Å². The molecular formula is C13H22N2O2. The molecule has 2 heterocycles. The minimum atomic E-state index is 0.351. The summed E-state index contributed by atoms with van der Waals surface area (Å²) in [5.74, 6) is 0.994. The van der Waals surface area contributed by atoms with Crippen LogP contribution in [0.5, 0.6) is 0 Å². The molecule has 2 unspecified atom stereocenters. The van der Waals surface area contributed by atoms with Gasteiger partial charge in [-0.15, -0.1) is 0 Å². The number of morpholine rings is 1. The summed E-state index contributed by atoms with van der Waals surface area (Å²) >= 11 is 0. The number of nitrogens with zero attached hydrogens (tertiary/aromatic N) is 1. The molecule has 0 bridgehead atoms. The molecule has 2 rings (SSSR count). The van der Waals surface area contributed by atoms with Gasteiger partial charge in [-0.2, -0.15) is 0 Å². The van der Waals surface area contributed by atoms with Crippen molar-refractivity contribution in [2.75, 3.05) is 26.2 Å². The first kappa shape index (κ1) is 12.6. The van der Waals surface area contributed by atoms with E-state index in [1.54, 1.807) is 6.26 Å². The van der Waals surface area contributed by atoms with Crippen LogP contribution in [0.4, 0.5) is 0 Å². The summed E-state index contributed by atoms with van der Waals surface area (Å²) in [5, 5.41) is 3.39. The molecule has 0 spiro atoms. The van der Waals surface area contributed by atoms with Gasteiger partial charge in [0.2, 0.25) is 0 Å². The number of nitrogens with one attached hydrogen (secondary N) is 1. The highest BCUT2D eigenvalue weighted by atomic mass is 16.5. The lowest BCUT2D eigenvalue weighted by molar-refractivity contribution is -0.0674. The molecule has 1 aromatic rings. The lowest BCUT2D eigenvalue weighted by Gasteiger charge is -2.35. The zero-order valence-corrected chi connectivity index (χ0v) is 10.7. The van der Waals surface area contributed by atoms with Gasteiger partial charge in [0, 0.05) is 26.2 Å². The van der Waals surface area contributed by atoms with E-state index in [0.717, 1.165) is 38.5 Å². The third kappa shape index (κ3) is 4.15. The van der Waals surface area contributed by atoms with E-state index in [9.17, 15) is 0 Å². The number of hydrogen-bond donors (Lipinski definition) is 1. The Kier molecular flexibility index (Phi) is 4.59. The normalized spacial score (nSPS) is 26.2. The van der Waals surface area contributed by atoms with E-state index in [4.69, 9.17) is 9.15 Å². The molecule has 0 aliphatic carbocycles. The highest BCUT2D eigenvalue weighted by Crippen LogP contribution is 2.09. The van der Waals surface area contributed by atoms with Crippen LogP contribution >= 0.6 is 0 Å². The molecule has 4 heteroatoms. The second-order valence-electron chi connectivity index (χ2n) is 4.77. The molecule has 1 saturated heterocycles. The number of rotatable bonds is 5. The SMILES string of the molecule is CC1CN(CCNCc2ccco2)CC(C)O1. The van der Waals surface area contributed by atoms with E-state index in [-0.39, 0.29) is 0 Å². The van der Waals surface area contributed by atoms with Gasteiger partial charge in [-0.1, -0.05) is 0 Å². The van der Waals surface area contributed by atoms with Gasteiger partial charge < -0.3 is 14.5 Å². The van der Waals surface area contributed by atoms with Crippen molar-refractivity contribution in [3.63, 3.8) is 0 Å². The highest BCUT2D eigenvalue weighted by Gasteiger charge is 2.21. The molecule has 2 atom stereocenters. The first-order valence-corrected chi connectivity index (χ1v) is 6.35. The van der Waals surface area contributed by atoms with Crippen LogP contribution in [-0.2, 0) is 11.3 Å². The maximum absolute atomic E-state index is 5.70. The molecule has 17 heavy (non-hydrogen) atoms. The Morgan fingerprint density at radius 3 is 2.76 bits per heavy atom. The largest absolute Gasteiger partial charge is 0.468 e. The molecule has 1 N–H and O–H groups in total. The second-order valence-corrected chi connectivity index (χ2v) is 4.77.